The lowest BCUT2D eigenvalue weighted by molar-refractivity contribution is -0.136. The number of cyclic esters (lactones) is 2. The molecule has 0 radical (unpaired) electrons. The van der Waals surface area contributed by atoms with Gasteiger partial charge in [0.05, 0.1) is 0 Å². The van der Waals surface area contributed by atoms with Gasteiger partial charge in [-0.05, 0) is 42.9 Å². The van der Waals surface area contributed by atoms with Crippen molar-refractivity contribution < 1.29 is 19.1 Å². The SMILES string of the molecule is CC(C)CC1N=C(c2cccc(C3=NC(CC(C)C)C(=O)O3)c2)OC1=O. The molecule has 0 aromatic heterocycles. The topological polar surface area (TPSA) is 77.3 Å². The van der Waals surface area contributed by atoms with Crippen molar-refractivity contribution in [1.82, 2.24) is 0 Å². The average molecular weight is 356 g/mol. The highest BCUT2D eigenvalue weighted by atomic mass is 16.6. The zero-order valence-corrected chi connectivity index (χ0v) is 15.6. The van der Waals surface area contributed by atoms with E-state index in [1.807, 2.05) is 45.9 Å². The molecule has 2 unspecified atom stereocenters. The summed E-state index contributed by atoms with van der Waals surface area (Å²) in [6, 6.07) is 6.32. The van der Waals surface area contributed by atoms with E-state index < -0.39 is 12.1 Å². The molecule has 6 nitrogen and oxygen atoms in total. The number of esters is 2. The summed E-state index contributed by atoms with van der Waals surface area (Å²) in [4.78, 5) is 32.8. The second-order valence-corrected chi connectivity index (χ2v) is 7.58. The molecule has 26 heavy (non-hydrogen) atoms. The molecule has 0 saturated heterocycles. The van der Waals surface area contributed by atoms with Gasteiger partial charge < -0.3 is 9.47 Å². The lowest BCUT2D eigenvalue weighted by Gasteiger charge is -2.05. The predicted molar refractivity (Wildman–Crippen MR) is 98.2 cm³/mol. The lowest BCUT2D eigenvalue weighted by Crippen LogP contribution is -2.17. The first-order valence-corrected chi connectivity index (χ1v) is 9.03. The van der Waals surface area contributed by atoms with Crippen LogP contribution in [0, 0.1) is 11.8 Å². The highest BCUT2D eigenvalue weighted by molar-refractivity contribution is 6.09. The van der Waals surface area contributed by atoms with Gasteiger partial charge in [0.2, 0.25) is 11.8 Å². The van der Waals surface area contributed by atoms with Gasteiger partial charge >= 0.3 is 11.9 Å². The molecule has 0 N–H and O–H groups in total. The molecule has 0 bridgehead atoms. The van der Waals surface area contributed by atoms with Gasteiger partial charge in [0.1, 0.15) is 0 Å². The van der Waals surface area contributed by atoms with E-state index in [9.17, 15) is 9.59 Å². The van der Waals surface area contributed by atoms with E-state index in [-0.39, 0.29) is 11.9 Å². The van der Waals surface area contributed by atoms with E-state index in [0.29, 0.717) is 47.6 Å². The van der Waals surface area contributed by atoms with Crippen molar-refractivity contribution >= 4 is 23.7 Å². The van der Waals surface area contributed by atoms with Crippen LogP contribution in [-0.4, -0.2) is 35.8 Å². The zero-order chi connectivity index (χ0) is 18.8. The van der Waals surface area contributed by atoms with E-state index in [4.69, 9.17) is 9.47 Å². The van der Waals surface area contributed by atoms with Crippen LogP contribution in [0.25, 0.3) is 0 Å². The second-order valence-electron chi connectivity index (χ2n) is 7.58. The molecular formula is C20H24N2O4. The van der Waals surface area contributed by atoms with Crippen LogP contribution in [0.1, 0.15) is 51.7 Å². The van der Waals surface area contributed by atoms with Crippen LogP contribution in [0.2, 0.25) is 0 Å². The molecule has 0 aliphatic carbocycles. The number of nitrogens with zero attached hydrogens (tertiary/aromatic N) is 2. The van der Waals surface area contributed by atoms with Crippen LogP contribution < -0.4 is 0 Å². The molecule has 1 aromatic rings. The van der Waals surface area contributed by atoms with Gasteiger partial charge in [-0.2, -0.15) is 0 Å². The summed E-state index contributed by atoms with van der Waals surface area (Å²) in [6.07, 6.45) is 1.31. The van der Waals surface area contributed by atoms with Crippen LogP contribution >= 0.6 is 0 Å². The number of carbonyl (C=O) groups is 2. The Morgan fingerprint density at radius 1 is 0.846 bits per heavy atom. The van der Waals surface area contributed by atoms with E-state index >= 15 is 0 Å². The van der Waals surface area contributed by atoms with Crippen molar-refractivity contribution in [1.29, 1.82) is 0 Å². The lowest BCUT2D eigenvalue weighted by atomic mass is 10.0. The highest BCUT2D eigenvalue weighted by Crippen LogP contribution is 2.22. The predicted octanol–water partition coefficient (Wildman–Crippen LogP) is 3.12. The Morgan fingerprint density at radius 3 is 1.65 bits per heavy atom. The Hall–Kier alpha value is -2.50. The smallest absolute Gasteiger partial charge is 0.337 e. The normalized spacial score (nSPS) is 22.5. The minimum absolute atomic E-state index is 0.311. The van der Waals surface area contributed by atoms with Gasteiger partial charge in [-0.3, -0.25) is 0 Å². The highest BCUT2D eigenvalue weighted by Gasteiger charge is 2.32. The first-order valence-electron chi connectivity index (χ1n) is 9.03. The van der Waals surface area contributed by atoms with Crippen molar-refractivity contribution in [3.05, 3.63) is 35.4 Å². The van der Waals surface area contributed by atoms with Gasteiger partial charge in [-0.1, -0.05) is 33.8 Å². The van der Waals surface area contributed by atoms with Gasteiger partial charge in [-0.15, -0.1) is 0 Å². The maximum atomic E-state index is 12.0. The molecule has 2 aliphatic heterocycles. The molecule has 6 heteroatoms. The monoisotopic (exact) mass is 356 g/mol. The Kier molecular flexibility index (Phi) is 5.20. The summed E-state index contributed by atoms with van der Waals surface area (Å²) in [5, 5.41) is 0. The molecule has 138 valence electrons. The fraction of sp³-hybridized carbons (Fsp3) is 0.500. The third-order valence-electron chi connectivity index (χ3n) is 4.23. The van der Waals surface area contributed by atoms with E-state index in [0.717, 1.165) is 0 Å². The van der Waals surface area contributed by atoms with E-state index in [1.165, 1.54) is 0 Å². The van der Waals surface area contributed by atoms with E-state index in [1.54, 1.807) is 6.07 Å². The average Bonchev–Trinajstić information content (AvgIpc) is 3.10. The fourth-order valence-electron chi connectivity index (χ4n) is 3.01. The largest absolute Gasteiger partial charge is 0.406 e. The number of hydrogen-bond donors (Lipinski definition) is 0. The molecule has 0 spiro atoms. The van der Waals surface area contributed by atoms with Crippen LogP contribution in [0.5, 0.6) is 0 Å². The quantitative estimate of drug-likeness (QED) is 0.734. The van der Waals surface area contributed by atoms with Crippen molar-refractivity contribution in [2.75, 3.05) is 0 Å². The summed E-state index contributed by atoms with van der Waals surface area (Å²) in [5.74, 6) is 0.693. The van der Waals surface area contributed by atoms with Crippen LogP contribution in [0.15, 0.2) is 34.3 Å². The fourth-order valence-corrected chi connectivity index (χ4v) is 3.01. The molecular weight excluding hydrogens is 332 g/mol. The number of rotatable bonds is 6. The summed E-state index contributed by atoms with van der Waals surface area (Å²) < 4.78 is 10.7. The van der Waals surface area contributed by atoms with Crippen LogP contribution in [0.4, 0.5) is 0 Å². The van der Waals surface area contributed by atoms with Crippen LogP contribution in [0.3, 0.4) is 0 Å². The summed E-state index contributed by atoms with van der Waals surface area (Å²) in [6.45, 7) is 8.17. The van der Waals surface area contributed by atoms with Crippen LogP contribution in [-0.2, 0) is 19.1 Å². The summed E-state index contributed by atoms with van der Waals surface area (Å²) >= 11 is 0. The van der Waals surface area contributed by atoms with Crippen molar-refractivity contribution in [3.63, 3.8) is 0 Å². The van der Waals surface area contributed by atoms with E-state index in [2.05, 4.69) is 9.98 Å². The number of hydrogen-bond acceptors (Lipinski definition) is 6. The molecule has 2 heterocycles. The maximum absolute atomic E-state index is 12.0. The summed E-state index contributed by atoms with van der Waals surface area (Å²) in [7, 11) is 0. The number of benzene rings is 1. The third kappa shape index (κ3) is 4.00. The Balaban J connectivity index is 1.81. The Morgan fingerprint density at radius 2 is 1.27 bits per heavy atom. The summed E-state index contributed by atoms with van der Waals surface area (Å²) in [5.41, 5.74) is 1.35. The minimum Gasteiger partial charge on any atom is -0.406 e. The number of ether oxygens (including phenoxy) is 2. The van der Waals surface area contributed by atoms with Crippen molar-refractivity contribution in [3.8, 4) is 0 Å². The molecule has 2 aliphatic rings. The molecule has 0 amide bonds. The molecule has 1 aromatic carbocycles. The second kappa shape index (κ2) is 7.40. The Labute approximate surface area is 153 Å². The van der Waals surface area contributed by atoms with Crippen molar-refractivity contribution in [2.45, 2.75) is 52.6 Å². The first-order chi connectivity index (χ1) is 12.3. The number of carbonyl (C=O) groups excluding carboxylic acids is 2. The minimum atomic E-state index is -0.453. The zero-order valence-electron chi connectivity index (χ0n) is 15.6. The van der Waals surface area contributed by atoms with Gasteiger partial charge in [0.25, 0.3) is 0 Å². The standard InChI is InChI=1S/C20H24N2O4/c1-11(2)8-15-19(23)25-17(21-15)13-6-5-7-14(10-13)18-22-16(9-12(3)4)20(24)26-18/h5-7,10-12,15-16H,8-9H2,1-4H3. The third-order valence-corrected chi connectivity index (χ3v) is 4.23. The van der Waals surface area contributed by atoms with Gasteiger partial charge in [-0.25, -0.2) is 19.6 Å². The Bertz CT molecular complexity index is 719. The van der Waals surface area contributed by atoms with Gasteiger partial charge in [0, 0.05) is 11.1 Å². The molecule has 0 saturated carbocycles. The first kappa shape index (κ1) is 18.3. The number of aliphatic imine (C=N–C) groups is 2. The molecule has 3 rings (SSSR count). The maximum Gasteiger partial charge on any atom is 0.337 e. The molecule has 0 fully saturated rings. The molecule has 2 atom stereocenters. The van der Waals surface area contributed by atoms with Crippen molar-refractivity contribution in [2.24, 2.45) is 21.8 Å². The van der Waals surface area contributed by atoms with Gasteiger partial charge in [0.15, 0.2) is 12.1 Å².